The van der Waals surface area contributed by atoms with Crippen LogP contribution in [0.5, 0.6) is 0 Å². The van der Waals surface area contributed by atoms with E-state index in [0.29, 0.717) is 6.42 Å². The average Bonchev–Trinajstić information content (AvgIpc) is 3.06. The molecule has 4 heteroatoms. The van der Waals surface area contributed by atoms with E-state index in [1.807, 2.05) is 6.07 Å². The smallest absolute Gasteiger partial charge is 0.0768 e. The van der Waals surface area contributed by atoms with E-state index >= 15 is 0 Å². The molecular weight excluding hydrogens is 268 g/mol. The first-order valence-corrected chi connectivity index (χ1v) is 7.88. The Hall–Kier alpha value is -1.57. The average molecular weight is 288 g/mol. The number of hydrogen-bond donors (Lipinski definition) is 1. The molecule has 0 spiro atoms. The summed E-state index contributed by atoms with van der Waals surface area (Å²) in [6, 6.07) is 4.23. The molecule has 0 bridgehead atoms. The molecule has 0 atom stereocenters. The van der Waals surface area contributed by atoms with Crippen LogP contribution in [0.4, 0.5) is 0 Å². The van der Waals surface area contributed by atoms with Crippen LogP contribution in [0.2, 0.25) is 0 Å². The van der Waals surface area contributed by atoms with Gasteiger partial charge in [0.05, 0.1) is 18.8 Å². The Morgan fingerprint density at radius 3 is 2.90 bits per heavy atom. The summed E-state index contributed by atoms with van der Waals surface area (Å²) in [5.41, 5.74) is 3.47. The number of nitrogens with zero attached hydrogens (tertiary/aromatic N) is 2. The summed E-state index contributed by atoms with van der Waals surface area (Å²) in [4.78, 5) is 1.23. The first kappa shape index (κ1) is 14.8. The Bertz CT molecular complexity index is 616. The molecule has 1 N–H and O–H groups in total. The highest BCUT2D eigenvalue weighted by Crippen LogP contribution is 2.19. The summed E-state index contributed by atoms with van der Waals surface area (Å²) in [6.45, 7) is 5.18. The second kappa shape index (κ2) is 7.28. The largest absolute Gasteiger partial charge is 0.395 e. The van der Waals surface area contributed by atoms with E-state index in [-0.39, 0.29) is 6.61 Å². The molecule has 2 heterocycles. The SMILES string of the molecule is CCc1cc(CC)n(Cc2sccc2C#CCCO)n1. The highest BCUT2D eigenvalue weighted by Gasteiger charge is 2.09. The van der Waals surface area contributed by atoms with Gasteiger partial charge in [0, 0.05) is 22.6 Å². The highest BCUT2D eigenvalue weighted by molar-refractivity contribution is 7.10. The van der Waals surface area contributed by atoms with Crippen LogP contribution in [0.25, 0.3) is 0 Å². The lowest BCUT2D eigenvalue weighted by Crippen LogP contribution is -2.05. The van der Waals surface area contributed by atoms with Crippen LogP contribution in [-0.4, -0.2) is 21.5 Å². The van der Waals surface area contributed by atoms with E-state index in [4.69, 9.17) is 5.11 Å². The summed E-state index contributed by atoms with van der Waals surface area (Å²) in [5.74, 6) is 6.12. The summed E-state index contributed by atoms with van der Waals surface area (Å²) in [6.07, 6.45) is 2.48. The molecule has 0 aromatic carbocycles. The fraction of sp³-hybridized carbons (Fsp3) is 0.438. The van der Waals surface area contributed by atoms with E-state index < -0.39 is 0 Å². The van der Waals surface area contributed by atoms with Gasteiger partial charge in [-0.05, 0) is 30.4 Å². The van der Waals surface area contributed by atoms with E-state index in [2.05, 4.69) is 46.9 Å². The fourth-order valence-corrected chi connectivity index (χ4v) is 2.84. The Labute approximate surface area is 124 Å². The zero-order chi connectivity index (χ0) is 14.4. The Kier molecular flexibility index (Phi) is 5.40. The molecule has 0 fully saturated rings. The molecule has 0 amide bonds. The van der Waals surface area contributed by atoms with Gasteiger partial charge in [0.1, 0.15) is 0 Å². The third-order valence-electron chi connectivity index (χ3n) is 3.14. The van der Waals surface area contributed by atoms with Crippen LogP contribution < -0.4 is 0 Å². The predicted molar refractivity (Wildman–Crippen MR) is 83.0 cm³/mol. The standard InChI is InChI=1S/C16H20N2OS/c1-3-14-11-15(4-2)18(17-14)12-16-13(8-10-20-16)7-5-6-9-19/h8,10-11,19H,3-4,6,9,12H2,1-2H3. The predicted octanol–water partition coefficient (Wildman–Crippen LogP) is 2.85. The van der Waals surface area contributed by atoms with Gasteiger partial charge in [0.25, 0.3) is 0 Å². The summed E-state index contributed by atoms with van der Waals surface area (Å²) < 4.78 is 2.09. The van der Waals surface area contributed by atoms with Crippen LogP contribution in [0.15, 0.2) is 17.5 Å². The Morgan fingerprint density at radius 1 is 1.35 bits per heavy atom. The van der Waals surface area contributed by atoms with Crippen molar-refractivity contribution in [1.82, 2.24) is 9.78 Å². The van der Waals surface area contributed by atoms with Gasteiger partial charge in [-0.25, -0.2) is 0 Å². The minimum Gasteiger partial charge on any atom is -0.395 e. The molecule has 20 heavy (non-hydrogen) atoms. The third-order valence-corrected chi connectivity index (χ3v) is 4.04. The number of aliphatic hydroxyl groups excluding tert-OH is 1. The summed E-state index contributed by atoms with van der Waals surface area (Å²) in [5, 5.41) is 15.5. The van der Waals surface area contributed by atoms with Crippen LogP contribution in [0, 0.1) is 11.8 Å². The second-order valence-corrected chi connectivity index (χ2v) is 5.53. The van der Waals surface area contributed by atoms with Crippen molar-refractivity contribution in [2.75, 3.05) is 6.61 Å². The number of aliphatic hydroxyl groups is 1. The van der Waals surface area contributed by atoms with Crippen molar-refractivity contribution >= 4 is 11.3 Å². The van der Waals surface area contributed by atoms with E-state index in [0.717, 1.165) is 30.6 Å². The van der Waals surface area contributed by atoms with Gasteiger partial charge in [-0.2, -0.15) is 5.10 Å². The lowest BCUT2D eigenvalue weighted by molar-refractivity contribution is 0.305. The molecule has 106 valence electrons. The molecule has 0 saturated heterocycles. The van der Waals surface area contributed by atoms with Crippen LogP contribution in [-0.2, 0) is 19.4 Å². The first-order chi connectivity index (χ1) is 9.78. The molecular formula is C16H20N2OS. The van der Waals surface area contributed by atoms with Gasteiger partial charge in [-0.3, -0.25) is 4.68 Å². The van der Waals surface area contributed by atoms with Crippen molar-refractivity contribution < 1.29 is 5.11 Å². The van der Waals surface area contributed by atoms with Gasteiger partial charge in [0.15, 0.2) is 0 Å². The zero-order valence-electron chi connectivity index (χ0n) is 12.0. The maximum atomic E-state index is 8.78. The quantitative estimate of drug-likeness (QED) is 0.859. The lowest BCUT2D eigenvalue weighted by Gasteiger charge is -2.04. The monoisotopic (exact) mass is 288 g/mol. The summed E-state index contributed by atoms with van der Waals surface area (Å²) >= 11 is 1.71. The normalized spacial score (nSPS) is 10.3. The van der Waals surface area contributed by atoms with Crippen LogP contribution in [0.3, 0.4) is 0 Å². The molecule has 0 aliphatic heterocycles. The lowest BCUT2D eigenvalue weighted by atomic mass is 10.2. The second-order valence-electron chi connectivity index (χ2n) is 4.52. The maximum absolute atomic E-state index is 8.78. The van der Waals surface area contributed by atoms with Gasteiger partial charge in [0.2, 0.25) is 0 Å². The molecule has 2 aromatic rings. The number of hydrogen-bond acceptors (Lipinski definition) is 3. The van der Waals surface area contributed by atoms with Gasteiger partial charge >= 0.3 is 0 Å². The molecule has 0 radical (unpaired) electrons. The maximum Gasteiger partial charge on any atom is 0.0768 e. The van der Waals surface area contributed by atoms with Crippen LogP contribution >= 0.6 is 11.3 Å². The molecule has 0 aliphatic rings. The molecule has 0 saturated carbocycles. The molecule has 0 unspecified atom stereocenters. The topological polar surface area (TPSA) is 38.0 Å². The third kappa shape index (κ3) is 3.50. The number of aryl methyl sites for hydroxylation is 2. The highest BCUT2D eigenvalue weighted by atomic mass is 32.1. The number of aromatic nitrogens is 2. The Balaban J connectivity index is 2.20. The number of rotatable bonds is 5. The van der Waals surface area contributed by atoms with Crippen molar-refractivity contribution in [2.24, 2.45) is 0 Å². The van der Waals surface area contributed by atoms with Crippen molar-refractivity contribution in [3.8, 4) is 11.8 Å². The minimum atomic E-state index is 0.117. The minimum absolute atomic E-state index is 0.117. The fourth-order valence-electron chi connectivity index (χ4n) is 2.03. The van der Waals surface area contributed by atoms with E-state index in [1.165, 1.54) is 10.6 Å². The van der Waals surface area contributed by atoms with E-state index in [1.54, 1.807) is 11.3 Å². The molecule has 2 rings (SSSR count). The van der Waals surface area contributed by atoms with Gasteiger partial charge in [-0.15, -0.1) is 11.3 Å². The van der Waals surface area contributed by atoms with Crippen molar-refractivity contribution in [2.45, 2.75) is 39.7 Å². The van der Waals surface area contributed by atoms with Gasteiger partial charge in [-0.1, -0.05) is 25.7 Å². The molecule has 2 aromatic heterocycles. The molecule has 3 nitrogen and oxygen atoms in total. The molecule has 0 aliphatic carbocycles. The van der Waals surface area contributed by atoms with Crippen molar-refractivity contribution in [3.63, 3.8) is 0 Å². The van der Waals surface area contributed by atoms with Crippen LogP contribution in [0.1, 0.15) is 42.1 Å². The first-order valence-electron chi connectivity index (χ1n) is 7.00. The Morgan fingerprint density at radius 2 is 2.20 bits per heavy atom. The summed E-state index contributed by atoms with van der Waals surface area (Å²) in [7, 11) is 0. The van der Waals surface area contributed by atoms with Gasteiger partial charge < -0.3 is 5.11 Å². The van der Waals surface area contributed by atoms with Crippen molar-refractivity contribution in [1.29, 1.82) is 0 Å². The van der Waals surface area contributed by atoms with Crippen molar-refractivity contribution in [3.05, 3.63) is 39.3 Å². The van der Waals surface area contributed by atoms with E-state index in [9.17, 15) is 0 Å². The number of thiophene rings is 1. The zero-order valence-corrected chi connectivity index (χ0v) is 12.8.